The molecule has 0 aliphatic rings. The maximum atomic E-state index is 10.9. The number of carbonyl (C=O) groups excluding carboxylic acids is 1. The largest absolute Gasteiger partial charge is 0.300 e. The molecular formula is C18H24O. The molecule has 102 valence electrons. The Labute approximate surface area is 117 Å². The first-order valence-corrected chi connectivity index (χ1v) is 6.45. The molecule has 0 radical (unpaired) electrons. The summed E-state index contributed by atoms with van der Waals surface area (Å²) < 4.78 is 0. The van der Waals surface area contributed by atoms with E-state index in [1.165, 1.54) is 5.57 Å². The van der Waals surface area contributed by atoms with Gasteiger partial charge in [0.25, 0.3) is 0 Å². The highest BCUT2D eigenvalue weighted by Crippen LogP contribution is 2.05. The van der Waals surface area contributed by atoms with Crippen molar-refractivity contribution < 1.29 is 4.79 Å². The summed E-state index contributed by atoms with van der Waals surface area (Å²) >= 11 is 0. The van der Waals surface area contributed by atoms with E-state index in [0.717, 1.165) is 17.6 Å². The van der Waals surface area contributed by atoms with Crippen molar-refractivity contribution in [2.45, 2.75) is 33.6 Å². The van der Waals surface area contributed by atoms with Crippen molar-refractivity contribution >= 4 is 5.78 Å². The lowest BCUT2D eigenvalue weighted by Gasteiger charge is -1.96. The van der Waals surface area contributed by atoms with Crippen molar-refractivity contribution in [3.63, 3.8) is 0 Å². The SMILES string of the molecule is C=CC(=C)C=CC=C(C)C=CC=C(C)CCC(C)=O. The van der Waals surface area contributed by atoms with Crippen LogP contribution in [0.25, 0.3) is 0 Å². The van der Waals surface area contributed by atoms with Crippen molar-refractivity contribution in [2.75, 3.05) is 0 Å². The van der Waals surface area contributed by atoms with Crippen molar-refractivity contribution in [2.24, 2.45) is 0 Å². The number of rotatable bonds is 8. The molecule has 0 bridgehead atoms. The maximum absolute atomic E-state index is 10.9. The van der Waals surface area contributed by atoms with Gasteiger partial charge in [0.15, 0.2) is 0 Å². The summed E-state index contributed by atoms with van der Waals surface area (Å²) in [5, 5.41) is 0. The number of hydrogen-bond acceptors (Lipinski definition) is 1. The van der Waals surface area contributed by atoms with Gasteiger partial charge in [0.1, 0.15) is 5.78 Å². The Bertz CT molecular complexity index is 442. The standard InChI is InChI=1S/C18H24O/c1-6-15(2)9-7-10-16(3)11-8-12-17(4)13-14-18(5)19/h6-12H,1-2,13-14H2,3-5H3. The molecule has 0 heterocycles. The summed E-state index contributed by atoms with van der Waals surface area (Å²) in [6.07, 6.45) is 15.2. The minimum absolute atomic E-state index is 0.236. The molecule has 0 fully saturated rings. The molecular weight excluding hydrogens is 232 g/mol. The van der Waals surface area contributed by atoms with E-state index in [1.54, 1.807) is 13.0 Å². The van der Waals surface area contributed by atoms with Gasteiger partial charge in [0.05, 0.1) is 0 Å². The second kappa shape index (κ2) is 10.1. The Hall–Kier alpha value is -1.89. The molecule has 0 aromatic heterocycles. The molecule has 0 unspecified atom stereocenters. The average Bonchev–Trinajstić information content (AvgIpc) is 2.36. The molecule has 0 amide bonds. The summed E-state index contributed by atoms with van der Waals surface area (Å²) in [5.74, 6) is 0.236. The van der Waals surface area contributed by atoms with Crippen LogP contribution in [0, 0.1) is 0 Å². The van der Waals surface area contributed by atoms with E-state index in [9.17, 15) is 4.79 Å². The highest BCUT2D eigenvalue weighted by atomic mass is 16.1. The Kier molecular flexibility index (Phi) is 9.07. The number of ketones is 1. The van der Waals surface area contributed by atoms with Gasteiger partial charge in [-0.15, -0.1) is 0 Å². The van der Waals surface area contributed by atoms with Gasteiger partial charge >= 0.3 is 0 Å². The Morgan fingerprint density at radius 3 is 2.21 bits per heavy atom. The highest BCUT2D eigenvalue weighted by molar-refractivity contribution is 5.75. The number of Topliss-reactive ketones (excluding diaryl/α,β-unsaturated/α-hetero) is 1. The third kappa shape index (κ3) is 11.0. The molecule has 0 N–H and O–H groups in total. The quantitative estimate of drug-likeness (QED) is 0.552. The molecule has 0 aliphatic carbocycles. The smallest absolute Gasteiger partial charge is 0.130 e. The molecule has 0 atom stereocenters. The maximum Gasteiger partial charge on any atom is 0.130 e. The average molecular weight is 256 g/mol. The normalized spacial score (nSPS) is 13.2. The lowest BCUT2D eigenvalue weighted by Crippen LogP contribution is -1.89. The third-order valence-corrected chi connectivity index (χ3v) is 2.54. The summed E-state index contributed by atoms with van der Waals surface area (Å²) in [4.78, 5) is 10.9. The van der Waals surface area contributed by atoms with Crippen LogP contribution in [0.3, 0.4) is 0 Å². The van der Waals surface area contributed by atoms with Crippen LogP contribution in [0.4, 0.5) is 0 Å². The first-order chi connectivity index (χ1) is 8.95. The Morgan fingerprint density at radius 2 is 1.63 bits per heavy atom. The number of carbonyl (C=O) groups is 1. The Balaban J connectivity index is 4.31. The minimum atomic E-state index is 0.236. The van der Waals surface area contributed by atoms with Gasteiger partial charge in [-0.1, -0.05) is 66.8 Å². The molecule has 19 heavy (non-hydrogen) atoms. The lowest BCUT2D eigenvalue weighted by molar-refractivity contribution is -0.116. The predicted octanol–water partition coefficient (Wildman–Crippen LogP) is 5.10. The van der Waals surface area contributed by atoms with Crippen molar-refractivity contribution in [3.05, 3.63) is 72.4 Å². The van der Waals surface area contributed by atoms with Crippen LogP contribution in [0.2, 0.25) is 0 Å². The molecule has 1 nitrogen and oxygen atoms in total. The first-order valence-electron chi connectivity index (χ1n) is 6.45. The molecule has 0 rings (SSSR count). The van der Waals surface area contributed by atoms with Crippen LogP contribution in [0.15, 0.2) is 72.4 Å². The summed E-state index contributed by atoms with van der Waals surface area (Å²) in [6, 6.07) is 0. The van der Waals surface area contributed by atoms with E-state index in [1.807, 2.05) is 50.3 Å². The van der Waals surface area contributed by atoms with E-state index in [2.05, 4.69) is 13.2 Å². The monoisotopic (exact) mass is 256 g/mol. The first kappa shape index (κ1) is 17.1. The van der Waals surface area contributed by atoms with Gasteiger partial charge in [-0.05, 0) is 32.8 Å². The van der Waals surface area contributed by atoms with E-state index in [0.29, 0.717) is 6.42 Å². The van der Waals surface area contributed by atoms with Gasteiger partial charge in [0, 0.05) is 6.42 Å². The summed E-state index contributed by atoms with van der Waals surface area (Å²) in [7, 11) is 0. The molecule has 0 saturated carbocycles. The molecule has 0 spiro atoms. The number of allylic oxidation sites excluding steroid dienone is 10. The zero-order chi connectivity index (χ0) is 14.7. The molecule has 0 aromatic rings. The fourth-order valence-corrected chi connectivity index (χ4v) is 1.27. The topological polar surface area (TPSA) is 17.1 Å². The van der Waals surface area contributed by atoms with Gasteiger partial charge < -0.3 is 4.79 Å². The van der Waals surface area contributed by atoms with Gasteiger partial charge in [-0.2, -0.15) is 0 Å². The van der Waals surface area contributed by atoms with Crippen molar-refractivity contribution in [1.82, 2.24) is 0 Å². The van der Waals surface area contributed by atoms with E-state index >= 15 is 0 Å². The highest BCUT2D eigenvalue weighted by Gasteiger charge is 1.93. The van der Waals surface area contributed by atoms with Crippen LogP contribution in [0.1, 0.15) is 33.6 Å². The second-order valence-electron chi connectivity index (χ2n) is 4.62. The van der Waals surface area contributed by atoms with E-state index in [4.69, 9.17) is 0 Å². The van der Waals surface area contributed by atoms with E-state index in [-0.39, 0.29) is 5.78 Å². The minimum Gasteiger partial charge on any atom is -0.300 e. The molecule has 1 heteroatoms. The zero-order valence-corrected chi connectivity index (χ0v) is 12.3. The van der Waals surface area contributed by atoms with Crippen LogP contribution < -0.4 is 0 Å². The summed E-state index contributed by atoms with van der Waals surface area (Å²) in [6.45, 7) is 13.1. The van der Waals surface area contributed by atoms with Crippen LogP contribution in [-0.4, -0.2) is 5.78 Å². The van der Waals surface area contributed by atoms with Crippen molar-refractivity contribution in [3.8, 4) is 0 Å². The van der Waals surface area contributed by atoms with Crippen LogP contribution in [0.5, 0.6) is 0 Å². The Morgan fingerprint density at radius 1 is 1.00 bits per heavy atom. The third-order valence-electron chi connectivity index (χ3n) is 2.54. The van der Waals surface area contributed by atoms with Gasteiger partial charge in [-0.3, -0.25) is 0 Å². The van der Waals surface area contributed by atoms with Crippen molar-refractivity contribution in [1.29, 1.82) is 0 Å². The molecule has 0 aromatic carbocycles. The van der Waals surface area contributed by atoms with Gasteiger partial charge in [0.2, 0.25) is 0 Å². The summed E-state index contributed by atoms with van der Waals surface area (Å²) in [5.41, 5.74) is 3.27. The van der Waals surface area contributed by atoms with E-state index < -0.39 is 0 Å². The van der Waals surface area contributed by atoms with Gasteiger partial charge in [-0.25, -0.2) is 0 Å². The fourth-order valence-electron chi connectivity index (χ4n) is 1.27. The molecule has 0 aliphatic heterocycles. The molecule has 0 saturated heterocycles. The zero-order valence-electron chi connectivity index (χ0n) is 12.3. The fraction of sp³-hybridized carbons (Fsp3) is 0.278. The predicted molar refractivity (Wildman–Crippen MR) is 85.0 cm³/mol. The second-order valence-corrected chi connectivity index (χ2v) is 4.62. The lowest BCUT2D eigenvalue weighted by atomic mass is 10.1. The van der Waals surface area contributed by atoms with Crippen LogP contribution in [-0.2, 0) is 4.79 Å². The van der Waals surface area contributed by atoms with Crippen LogP contribution >= 0.6 is 0 Å². The number of hydrogen-bond donors (Lipinski definition) is 0.